The average Bonchev–Trinajstić information content (AvgIpc) is 2.14. The van der Waals surface area contributed by atoms with Crippen LogP contribution in [0, 0.1) is 0 Å². The molecule has 1 rings (SSSR count). The zero-order chi connectivity index (χ0) is 12.5. The highest BCUT2D eigenvalue weighted by Crippen LogP contribution is 2.37. The molecule has 0 atom stereocenters. The zero-order valence-corrected chi connectivity index (χ0v) is 10.5. The molecule has 5 N–H and O–H groups in total. The lowest BCUT2D eigenvalue weighted by Crippen LogP contribution is -2.36. The summed E-state index contributed by atoms with van der Waals surface area (Å²) in [5.74, 6) is 0.0288. The Labute approximate surface area is 104 Å². The molecule has 1 aromatic carbocycles. The van der Waals surface area contributed by atoms with Crippen LogP contribution < -0.4 is 11.5 Å². The Hall–Kier alpha value is -1.13. The maximum absolute atomic E-state index is 8.72. The van der Waals surface area contributed by atoms with Crippen molar-refractivity contribution in [2.75, 3.05) is 5.73 Å². The van der Waals surface area contributed by atoms with Gasteiger partial charge in [-0.25, -0.2) is 0 Å². The summed E-state index contributed by atoms with van der Waals surface area (Å²) in [5, 5.41) is 12.5. The number of nitrogen functional groups attached to an aromatic ring is 1. The van der Waals surface area contributed by atoms with E-state index in [4.69, 9.17) is 39.9 Å². The van der Waals surface area contributed by atoms with Crippen molar-refractivity contribution < 1.29 is 5.21 Å². The number of oxime groups is 1. The minimum Gasteiger partial charge on any atom is -0.409 e. The van der Waals surface area contributed by atoms with Gasteiger partial charge in [-0.3, -0.25) is 0 Å². The van der Waals surface area contributed by atoms with Crippen molar-refractivity contribution in [3.8, 4) is 0 Å². The molecule has 0 unspecified atom stereocenters. The number of anilines is 1. The smallest absolute Gasteiger partial charge is 0.149 e. The first kappa shape index (κ1) is 12.9. The van der Waals surface area contributed by atoms with Crippen LogP contribution in [0.25, 0.3) is 0 Å². The van der Waals surface area contributed by atoms with Crippen LogP contribution in [0.4, 0.5) is 5.69 Å². The van der Waals surface area contributed by atoms with E-state index in [-0.39, 0.29) is 5.84 Å². The maximum atomic E-state index is 8.72. The molecule has 0 fully saturated rings. The van der Waals surface area contributed by atoms with Gasteiger partial charge in [-0.05, 0) is 26.0 Å². The lowest BCUT2D eigenvalue weighted by Gasteiger charge is -2.26. The van der Waals surface area contributed by atoms with E-state index in [1.54, 1.807) is 26.0 Å². The van der Waals surface area contributed by atoms with Gasteiger partial charge in [0.05, 0.1) is 5.41 Å². The monoisotopic (exact) mass is 261 g/mol. The molecule has 0 bridgehead atoms. The predicted octanol–water partition coefficient (Wildman–Crippen LogP) is 2.60. The Morgan fingerprint density at radius 3 is 2.12 bits per heavy atom. The highest BCUT2D eigenvalue weighted by Gasteiger charge is 2.31. The number of hydrogen-bond donors (Lipinski definition) is 3. The molecule has 0 aromatic heterocycles. The molecule has 0 spiro atoms. The average molecular weight is 262 g/mol. The van der Waals surface area contributed by atoms with E-state index in [9.17, 15) is 0 Å². The van der Waals surface area contributed by atoms with Crippen molar-refractivity contribution in [3.63, 3.8) is 0 Å². The molecule has 88 valence electrons. The quantitative estimate of drug-likeness (QED) is 0.252. The molecule has 6 heteroatoms. The topological polar surface area (TPSA) is 84.6 Å². The number of halogens is 2. The standard InChI is InChI=1S/C10H13Cl2N3O/c1-10(2,9(14)15-16)8-6(11)3-5(13)4-7(8)12/h3-4,16H,13H2,1-2H3,(H2,14,15). The Bertz CT molecular complexity index is 421. The van der Waals surface area contributed by atoms with Gasteiger partial charge in [0.2, 0.25) is 0 Å². The Kier molecular flexibility index (Phi) is 3.55. The summed E-state index contributed by atoms with van der Waals surface area (Å²) in [6, 6.07) is 3.16. The van der Waals surface area contributed by atoms with E-state index in [0.717, 1.165) is 0 Å². The first-order valence-electron chi connectivity index (χ1n) is 4.53. The molecule has 0 aliphatic carbocycles. The molecule has 0 amide bonds. The Balaban J connectivity index is 3.44. The normalized spacial score (nSPS) is 12.9. The van der Waals surface area contributed by atoms with Gasteiger partial charge in [0.25, 0.3) is 0 Å². The molecule has 0 saturated carbocycles. The van der Waals surface area contributed by atoms with Gasteiger partial charge in [0.15, 0.2) is 0 Å². The number of nitrogens with two attached hydrogens (primary N) is 2. The summed E-state index contributed by atoms with van der Waals surface area (Å²) < 4.78 is 0. The van der Waals surface area contributed by atoms with Crippen LogP contribution in [0.3, 0.4) is 0 Å². The van der Waals surface area contributed by atoms with Crippen LogP contribution in [-0.2, 0) is 5.41 Å². The first-order chi connectivity index (χ1) is 7.30. The Morgan fingerprint density at radius 2 is 1.75 bits per heavy atom. The molecule has 0 aliphatic rings. The molecule has 0 heterocycles. The van der Waals surface area contributed by atoms with Crippen LogP contribution in [0.15, 0.2) is 17.3 Å². The van der Waals surface area contributed by atoms with Gasteiger partial charge < -0.3 is 16.7 Å². The lowest BCUT2D eigenvalue weighted by atomic mass is 9.83. The summed E-state index contributed by atoms with van der Waals surface area (Å²) in [6.45, 7) is 3.51. The highest BCUT2D eigenvalue weighted by atomic mass is 35.5. The van der Waals surface area contributed by atoms with Crippen molar-refractivity contribution in [1.29, 1.82) is 0 Å². The third kappa shape index (κ3) is 2.18. The fraction of sp³-hybridized carbons (Fsp3) is 0.300. The number of amidine groups is 1. The van der Waals surface area contributed by atoms with Gasteiger partial charge in [-0.2, -0.15) is 0 Å². The summed E-state index contributed by atoms with van der Waals surface area (Å²) in [5.41, 5.74) is 11.5. The highest BCUT2D eigenvalue weighted by molar-refractivity contribution is 6.37. The third-order valence-corrected chi connectivity index (χ3v) is 3.03. The predicted molar refractivity (Wildman–Crippen MR) is 67.3 cm³/mol. The van der Waals surface area contributed by atoms with Crippen LogP contribution in [0.2, 0.25) is 10.0 Å². The molecule has 4 nitrogen and oxygen atoms in total. The van der Waals surface area contributed by atoms with Gasteiger partial charge in [0.1, 0.15) is 5.84 Å². The summed E-state index contributed by atoms with van der Waals surface area (Å²) in [7, 11) is 0. The summed E-state index contributed by atoms with van der Waals surface area (Å²) >= 11 is 12.1. The SMILES string of the molecule is CC(C)(C(N)=NO)c1c(Cl)cc(N)cc1Cl. The minimum absolute atomic E-state index is 0.0288. The second-order valence-electron chi connectivity index (χ2n) is 3.97. The fourth-order valence-corrected chi connectivity index (χ4v) is 2.42. The van der Waals surface area contributed by atoms with Crippen molar-refractivity contribution in [2.45, 2.75) is 19.3 Å². The fourth-order valence-electron chi connectivity index (χ4n) is 1.44. The number of benzene rings is 1. The van der Waals surface area contributed by atoms with Crippen molar-refractivity contribution in [2.24, 2.45) is 10.9 Å². The first-order valence-corrected chi connectivity index (χ1v) is 5.29. The third-order valence-electron chi connectivity index (χ3n) is 2.44. The Morgan fingerprint density at radius 1 is 1.31 bits per heavy atom. The zero-order valence-electron chi connectivity index (χ0n) is 8.96. The minimum atomic E-state index is -0.767. The number of nitrogens with zero attached hydrogens (tertiary/aromatic N) is 1. The van der Waals surface area contributed by atoms with Gasteiger partial charge in [-0.15, -0.1) is 0 Å². The van der Waals surface area contributed by atoms with Crippen molar-refractivity contribution in [3.05, 3.63) is 27.7 Å². The van der Waals surface area contributed by atoms with E-state index in [0.29, 0.717) is 21.3 Å². The molecule has 0 radical (unpaired) electrons. The van der Waals surface area contributed by atoms with Crippen LogP contribution in [0.1, 0.15) is 19.4 Å². The van der Waals surface area contributed by atoms with Crippen LogP contribution >= 0.6 is 23.2 Å². The molecule has 1 aromatic rings. The summed E-state index contributed by atoms with van der Waals surface area (Å²) in [4.78, 5) is 0. The van der Waals surface area contributed by atoms with E-state index >= 15 is 0 Å². The van der Waals surface area contributed by atoms with Crippen LogP contribution in [0.5, 0.6) is 0 Å². The largest absolute Gasteiger partial charge is 0.409 e. The molecule has 0 saturated heterocycles. The molecule has 16 heavy (non-hydrogen) atoms. The van der Waals surface area contributed by atoms with Gasteiger partial charge >= 0.3 is 0 Å². The van der Waals surface area contributed by atoms with Crippen molar-refractivity contribution in [1.82, 2.24) is 0 Å². The van der Waals surface area contributed by atoms with Crippen LogP contribution in [-0.4, -0.2) is 11.0 Å². The van der Waals surface area contributed by atoms with Crippen molar-refractivity contribution >= 4 is 34.7 Å². The number of rotatable bonds is 2. The molecule has 0 aliphatic heterocycles. The van der Waals surface area contributed by atoms with E-state index < -0.39 is 5.41 Å². The molecular formula is C10H13Cl2N3O. The lowest BCUT2D eigenvalue weighted by molar-refractivity contribution is 0.313. The van der Waals surface area contributed by atoms with Gasteiger partial charge in [0, 0.05) is 21.3 Å². The summed E-state index contributed by atoms with van der Waals surface area (Å²) in [6.07, 6.45) is 0. The number of hydrogen-bond acceptors (Lipinski definition) is 3. The maximum Gasteiger partial charge on any atom is 0.149 e. The van der Waals surface area contributed by atoms with E-state index in [2.05, 4.69) is 5.16 Å². The van der Waals surface area contributed by atoms with E-state index in [1.165, 1.54) is 0 Å². The second kappa shape index (κ2) is 4.39. The molecular weight excluding hydrogens is 249 g/mol. The second-order valence-corrected chi connectivity index (χ2v) is 4.78. The van der Waals surface area contributed by atoms with E-state index in [1.807, 2.05) is 0 Å². The van der Waals surface area contributed by atoms with Gasteiger partial charge in [-0.1, -0.05) is 28.4 Å².